The third-order valence-corrected chi connectivity index (χ3v) is 8.26. The number of carboxylic acid groups (broad SMARTS) is 1. The fourth-order valence-electron chi connectivity index (χ4n) is 5.30. The summed E-state index contributed by atoms with van der Waals surface area (Å²) in [6, 6.07) is -0.745. The summed E-state index contributed by atoms with van der Waals surface area (Å²) in [6.45, 7) is 5.66. The average molecular weight is 486 g/mol. The lowest BCUT2D eigenvalue weighted by atomic mass is 9.73. The predicted octanol–water partition coefficient (Wildman–Crippen LogP) is -0.103. The predicted molar refractivity (Wildman–Crippen MR) is 123 cm³/mol. The van der Waals surface area contributed by atoms with Gasteiger partial charge < -0.3 is 35.2 Å². The number of hydrogen-bond acceptors (Lipinski definition) is 8. The molecule has 3 aliphatic heterocycles. The van der Waals surface area contributed by atoms with Gasteiger partial charge in [-0.15, -0.1) is 11.8 Å². The highest BCUT2D eigenvalue weighted by Crippen LogP contribution is 2.53. The van der Waals surface area contributed by atoms with Crippen molar-refractivity contribution in [1.82, 2.24) is 15.1 Å². The van der Waals surface area contributed by atoms with Gasteiger partial charge in [-0.2, -0.15) is 0 Å². The quantitative estimate of drug-likeness (QED) is 0.294. The van der Waals surface area contributed by atoms with Gasteiger partial charge in [0.1, 0.15) is 11.5 Å². The van der Waals surface area contributed by atoms with E-state index in [1.54, 1.807) is 0 Å². The summed E-state index contributed by atoms with van der Waals surface area (Å²) in [5.41, 5.74) is 0.0192. The minimum absolute atomic E-state index is 0. The molecule has 3 heterocycles. The molecule has 186 valence electrons. The van der Waals surface area contributed by atoms with E-state index in [1.165, 1.54) is 28.5 Å². The average Bonchev–Trinajstić information content (AvgIpc) is 3.29. The van der Waals surface area contributed by atoms with Crippen molar-refractivity contribution in [2.45, 2.75) is 50.9 Å². The van der Waals surface area contributed by atoms with Gasteiger partial charge >= 0.3 is 5.97 Å². The first-order valence-corrected chi connectivity index (χ1v) is 12.2. The van der Waals surface area contributed by atoms with Crippen LogP contribution < -0.4 is 5.32 Å². The Bertz CT molecular complexity index is 848. The number of β-lactam (4-membered cyclic amide) rings is 1. The molecule has 0 aromatic heterocycles. The van der Waals surface area contributed by atoms with Gasteiger partial charge in [-0.3, -0.25) is 9.59 Å². The smallest absolute Gasteiger partial charge is 0.353 e. The molecule has 0 aromatic rings. The van der Waals surface area contributed by atoms with Crippen LogP contribution in [0.2, 0.25) is 0 Å². The molecule has 11 heteroatoms. The van der Waals surface area contributed by atoms with Gasteiger partial charge in [-0.25, -0.2) is 4.79 Å². The molecule has 2 saturated heterocycles. The van der Waals surface area contributed by atoms with Gasteiger partial charge in [0.15, 0.2) is 0 Å². The summed E-state index contributed by atoms with van der Waals surface area (Å²) in [5.74, 6) is -2.29. The number of nitrogens with zero attached hydrogens (tertiary/aromatic N) is 2. The SMILES string of the molecule is CC(=O)C[C@H](C)[C@H]1C(=O)N2C(C(=O)O)=C(S[C@@H]3CN[C@H](C(=O)N(CCO)CCO)C3)[C@H](C)C12.[HH]. The van der Waals surface area contributed by atoms with Crippen LogP contribution >= 0.6 is 11.8 Å². The number of rotatable bonds is 11. The number of carbonyl (C=O) groups excluding carboxylic acids is 3. The van der Waals surface area contributed by atoms with Crippen molar-refractivity contribution in [3.8, 4) is 0 Å². The fraction of sp³-hybridized carbons (Fsp3) is 0.727. The molecule has 4 N–H and O–H groups in total. The number of thioether (sulfide) groups is 1. The van der Waals surface area contributed by atoms with E-state index in [0.717, 1.165) is 0 Å². The molecule has 0 radical (unpaired) electrons. The molecule has 33 heavy (non-hydrogen) atoms. The van der Waals surface area contributed by atoms with Crippen molar-refractivity contribution in [1.29, 1.82) is 0 Å². The Hall–Kier alpha value is -1.95. The summed E-state index contributed by atoms with van der Waals surface area (Å²) in [4.78, 5) is 52.7. The zero-order valence-electron chi connectivity index (χ0n) is 19.2. The van der Waals surface area contributed by atoms with Gasteiger partial charge in [-0.1, -0.05) is 13.8 Å². The second-order valence-electron chi connectivity index (χ2n) is 9.12. The maximum Gasteiger partial charge on any atom is 0.353 e. The van der Waals surface area contributed by atoms with E-state index in [9.17, 15) is 34.5 Å². The molecule has 0 saturated carbocycles. The summed E-state index contributed by atoms with van der Waals surface area (Å²) in [6.07, 6.45) is 0.760. The number of aliphatic hydroxyl groups is 2. The number of aliphatic carboxylic acids is 1. The van der Waals surface area contributed by atoms with Crippen LogP contribution in [0.4, 0.5) is 0 Å². The first-order valence-electron chi connectivity index (χ1n) is 11.3. The van der Waals surface area contributed by atoms with Gasteiger partial charge in [-0.05, 0) is 19.3 Å². The van der Waals surface area contributed by atoms with E-state index >= 15 is 0 Å². The van der Waals surface area contributed by atoms with Crippen LogP contribution in [0.1, 0.15) is 35.0 Å². The number of ketones is 1. The number of nitrogens with one attached hydrogen (secondary N) is 1. The molecule has 10 nitrogen and oxygen atoms in total. The van der Waals surface area contributed by atoms with E-state index in [0.29, 0.717) is 17.9 Å². The number of aliphatic hydroxyl groups excluding tert-OH is 2. The number of amides is 2. The Morgan fingerprint density at radius 1 is 1.27 bits per heavy atom. The van der Waals surface area contributed by atoms with Crippen molar-refractivity contribution < 1.29 is 35.9 Å². The molecule has 2 fully saturated rings. The summed E-state index contributed by atoms with van der Waals surface area (Å²) >= 11 is 1.40. The molecule has 2 amide bonds. The number of fused-ring (bicyclic) bond motifs is 1. The zero-order chi connectivity index (χ0) is 24.4. The van der Waals surface area contributed by atoms with Gasteiger partial charge in [0.05, 0.1) is 31.2 Å². The van der Waals surface area contributed by atoms with Crippen LogP contribution in [0, 0.1) is 17.8 Å². The molecule has 1 unspecified atom stereocenters. The Kier molecular flexibility index (Phi) is 8.20. The van der Waals surface area contributed by atoms with Crippen molar-refractivity contribution in [3.05, 3.63) is 10.6 Å². The first-order chi connectivity index (χ1) is 15.6. The summed E-state index contributed by atoms with van der Waals surface area (Å²) in [5, 5.41) is 31.3. The van der Waals surface area contributed by atoms with E-state index in [1.807, 2.05) is 13.8 Å². The maximum atomic E-state index is 12.9. The number of Topliss-reactive ketones (excluding diaryl/α,β-unsaturated/α-hetero) is 1. The monoisotopic (exact) mass is 485 g/mol. The fourth-order valence-corrected chi connectivity index (χ4v) is 6.78. The molecule has 0 spiro atoms. The van der Waals surface area contributed by atoms with Crippen LogP contribution in [0.15, 0.2) is 10.6 Å². The van der Waals surface area contributed by atoms with Gasteiger partial charge in [0, 0.05) is 43.6 Å². The topological polar surface area (TPSA) is 147 Å². The highest BCUT2D eigenvalue weighted by Gasteiger charge is 2.60. The Morgan fingerprint density at radius 3 is 2.45 bits per heavy atom. The van der Waals surface area contributed by atoms with Crippen LogP contribution in [0.25, 0.3) is 0 Å². The van der Waals surface area contributed by atoms with Crippen LogP contribution in [-0.4, -0.2) is 98.9 Å². The Morgan fingerprint density at radius 2 is 1.91 bits per heavy atom. The van der Waals surface area contributed by atoms with Crippen LogP contribution in [-0.2, 0) is 19.2 Å². The van der Waals surface area contributed by atoms with Crippen LogP contribution in [0.5, 0.6) is 0 Å². The molecule has 0 aliphatic carbocycles. The molecular weight excluding hydrogens is 450 g/mol. The molecule has 3 rings (SSSR count). The highest BCUT2D eigenvalue weighted by molar-refractivity contribution is 8.03. The lowest BCUT2D eigenvalue weighted by Crippen LogP contribution is -2.62. The van der Waals surface area contributed by atoms with Crippen molar-refractivity contribution in [2.24, 2.45) is 17.8 Å². The second kappa shape index (κ2) is 10.5. The third-order valence-electron chi connectivity index (χ3n) is 6.75. The van der Waals surface area contributed by atoms with Gasteiger partial charge in [0.2, 0.25) is 11.8 Å². The second-order valence-corrected chi connectivity index (χ2v) is 10.5. The Labute approximate surface area is 198 Å². The van der Waals surface area contributed by atoms with Crippen molar-refractivity contribution in [3.63, 3.8) is 0 Å². The minimum Gasteiger partial charge on any atom is -0.477 e. The lowest BCUT2D eigenvalue weighted by Gasteiger charge is -2.47. The van der Waals surface area contributed by atoms with E-state index in [4.69, 9.17) is 0 Å². The zero-order valence-corrected chi connectivity index (χ0v) is 20.0. The summed E-state index contributed by atoms with van der Waals surface area (Å²) in [7, 11) is 0. The van der Waals surface area contributed by atoms with Gasteiger partial charge in [0.25, 0.3) is 0 Å². The van der Waals surface area contributed by atoms with Crippen molar-refractivity contribution in [2.75, 3.05) is 32.8 Å². The Balaban J connectivity index is 0.00000408. The minimum atomic E-state index is -1.14. The largest absolute Gasteiger partial charge is 0.477 e. The molecule has 0 bridgehead atoms. The number of carboxylic acids is 1. The van der Waals surface area contributed by atoms with E-state index in [-0.39, 0.29) is 86.5 Å². The third kappa shape index (κ3) is 4.96. The first kappa shape index (κ1) is 25.7. The molecule has 0 aromatic carbocycles. The van der Waals surface area contributed by atoms with E-state index in [2.05, 4.69) is 5.32 Å². The highest BCUT2D eigenvalue weighted by atomic mass is 32.2. The summed E-state index contributed by atoms with van der Waals surface area (Å²) < 4.78 is 0. The maximum absolute atomic E-state index is 12.9. The van der Waals surface area contributed by atoms with Crippen LogP contribution in [0.3, 0.4) is 0 Å². The molecule has 6 atom stereocenters. The number of hydrogen-bond donors (Lipinski definition) is 4. The molecule has 3 aliphatic rings. The van der Waals surface area contributed by atoms with Crippen molar-refractivity contribution >= 4 is 35.3 Å². The lowest BCUT2D eigenvalue weighted by molar-refractivity contribution is -0.160. The van der Waals surface area contributed by atoms with E-state index < -0.39 is 12.0 Å². The number of carbonyl (C=O) groups is 4. The standard InChI is InChI=1S/C22H33N3O7S.H2/c1-11(8-12(2)28)16-17-13(3)19(18(22(31)32)25(17)21(16)30)33-14-9-15(23-10-14)20(29)24(4-6-26)5-7-27;/h11,13-17,23,26-27H,4-10H2,1-3H3,(H,31,32);1H/t11-,13+,14-,15-,16+,17?;/m0./s1. The molecular formula is C22H35N3O7S. The normalized spacial score (nSPS) is 29.7.